The second-order valence-electron chi connectivity index (χ2n) is 4.71. The first-order valence-electron chi connectivity index (χ1n) is 7.18. The number of benzene rings is 1. The van der Waals surface area contributed by atoms with Gasteiger partial charge in [-0.2, -0.15) is 0 Å². The molecule has 0 fully saturated rings. The molecule has 0 aromatic heterocycles. The van der Waals surface area contributed by atoms with Crippen molar-refractivity contribution in [2.24, 2.45) is 0 Å². The largest absolute Gasteiger partial charge is 0.497 e. The molecule has 0 aliphatic heterocycles. The van der Waals surface area contributed by atoms with Crippen molar-refractivity contribution in [3.63, 3.8) is 0 Å². The lowest BCUT2D eigenvalue weighted by Gasteiger charge is -2.21. The van der Waals surface area contributed by atoms with Crippen LogP contribution in [0.5, 0.6) is 5.75 Å². The molecule has 1 rings (SSSR count). The Morgan fingerprint density at radius 3 is 2.63 bits per heavy atom. The number of methoxy groups -OCH3 is 1. The molecule has 1 N–H and O–H groups in total. The molecule has 0 heterocycles. The van der Waals surface area contributed by atoms with Crippen LogP contribution in [0.4, 0.5) is 0 Å². The van der Waals surface area contributed by atoms with E-state index in [0.29, 0.717) is 6.04 Å². The van der Waals surface area contributed by atoms with Crippen LogP contribution in [0.3, 0.4) is 0 Å². The first-order valence-corrected chi connectivity index (χ1v) is 7.18. The zero-order chi connectivity index (χ0) is 14.1. The highest BCUT2D eigenvalue weighted by Gasteiger charge is 2.13. The summed E-state index contributed by atoms with van der Waals surface area (Å²) in [7, 11) is 1.70. The van der Waals surface area contributed by atoms with Gasteiger partial charge in [0.25, 0.3) is 0 Å². The van der Waals surface area contributed by atoms with Crippen molar-refractivity contribution in [2.75, 3.05) is 26.9 Å². The molecule has 0 radical (unpaired) electrons. The van der Waals surface area contributed by atoms with Crippen LogP contribution in [0.1, 0.15) is 43.9 Å². The van der Waals surface area contributed by atoms with Crippen LogP contribution in [0.25, 0.3) is 0 Å². The molecule has 3 nitrogen and oxygen atoms in total. The molecule has 19 heavy (non-hydrogen) atoms. The molecule has 3 heteroatoms. The van der Waals surface area contributed by atoms with E-state index in [2.05, 4.69) is 31.3 Å². The van der Waals surface area contributed by atoms with E-state index in [9.17, 15) is 0 Å². The van der Waals surface area contributed by atoms with E-state index in [1.807, 2.05) is 13.0 Å². The Morgan fingerprint density at radius 1 is 1.26 bits per heavy atom. The second-order valence-corrected chi connectivity index (χ2v) is 4.71. The van der Waals surface area contributed by atoms with E-state index < -0.39 is 0 Å². The van der Waals surface area contributed by atoms with Gasteiger partial charge in [0.2, 0.25) is 0 Å². The highest BCUT2D eigenvalue weighted by Crippen LogP contribution is 2.24. The summed E-state index contributed by atoms with van der Waals surface area (Å²) >= 11 is 0. The molecule has 1 aromatic carbocycles. The molecule has 0 saturated heterocycles. The van der Waals surface area contributed by atoms with Gasteiger partial charge in [-0.3, -0.25) is 0 Å². The monoisotopic (exact) mass is 265 g/mol. The number of hydrogen-bond acceptors (Lipinski definition) is 3. The van der Waals surface area contributed by atoms with Gasteiger partial charge in [-0.25, -0.2) is 0 Å². The summed E-state index contributed by atoms with van der Waals surface area (Å²) in [5.74, 6) is 0.917. The van der Waals surface area contributed by atoms with Crippen LogP contribution in [0.15, 0.2) is 18.2 Å². The van der Waals surface area contributed by atoms with Crippen molar-refractivity contribution in [3.8, 4) is 5.75 Å². The van der Waals surface area contributed by atoms with Crippen LogP contribution in [-0.2, 0) is 4.74 Å². The fourth-order valence-corrected chi connectivity index (χ4v) is 2.20. The minimum absolute atomic E-state index is 0.359. The molecular formula is C16H27NO2. The highest BCUT2D eigenvalue weighted by molar-refractivity contribution is 5.36. The van der Waals surface area contributed by atoms with Crippen molar-refractivity contribution in [2.45, 2.75) is 39.7 Å². The molecule has 0 bridgehead atoms. The average molecular weight is 265 g/mol. The van der Waals surface area contributed by atoms with Gasteiger partial charge in [0, 0.05) is 19.3 Å². The van der Waals surface area contributed by atoms with Crippen molar-refractivity contribution in [1.29, 1.82) is 0 Å². The number of aryl methyl sites for hydroxylation is 1. The Labute approximate surface area is 117 Å². The minimum Gasteiger partial charge on any atom is -0.497 e. The number of rotatable bonds is 9. The quantitative estimate of drug-likeness (QED) is 0.693. The first kappa shape index (κ1) is 16.0. The summed E-state index contributed by atoms with van der Waals surface area (Å²) in [5.41, 5.74) is 2.61. The summed E-state index contributed by atoms with van der Waals surface area (Å²) in [6, 6.07) is 6.64. The smallest absolute Gasteiger partial charge is 0.119 e. The third kappa shape index (κ3) is 5.21. The zero-order valence-electron chi connectivity index (χ0n) is 12.7. The van der Waals surface area contributed by atoms with Gasteiger partial charge in [0.15, 0.2) is 0 Å². The van der Waals surface area contributed by atoms with Crippen LogP contribution >= 0.6 is 0 Å². The van der Waals surface area contributed by atoms with E-state index in [4.69, 9.17) is 9.47 Å². The predicted octanol–water partition coefficient (Wildman–Crippen LogP) is 3.47. The number of ether oxygens (including phenoxy) is 2. The predicted molar refractivity (Wildman–Crippen MR) is 79.9 cm³/mol. The van der Waals surface area contributed by atoms with E-state index >= 15 is 0 Å². The van der Waals surface area contributed by atoms with Gasteiger partial charge in [0.05, 0.1) is 7.11 Å². The standard InChI is InChI=1S/C16H27NO2/c1-5-10-17-16(9-11-19-6-2)15-8-7-14(18-4)12-13(15)3/h7-8,12,16-17H,5-6,9-11H2,1-4H3. The molecule has 0 amide bonds. The Bertz CT molecular complexity index is 366. The van der Waals surface area contributed by atoms with Crippen molar-refractivity contribution in [1.82, 2.24) is 5.32 Å². The van der Waals surface area contributed by atoms with Crippen molar-refractivity contribution >= 4 is 0 Å². The first-order chi connectivity index (χ1) is 9.22. The lowest BCUT2D eigenvalue weighted by molar-refractivity contribution is 0.136. The summed E-state index contributed by atoms with van der Waals surface area (Å²) in [5, 5.41) is 3.60. The Kier molecular flexibility index (Phi) is 7.53. The van der Waals surface area contributed by atoms with E-state index in [0.717, 1.165) is 38.3 Å². The summed E-state index contributed by atoms with van der Waals surface area (Å²) in [6.45, 7) is 8.97. The molecule has 1 atom stereocenters. The maximum atomic E-state index is 5.49. The summed E-state index contributed by atoms with van der Waals surface area (Å²) in [4.78, 5) is 0. The molecule has 0 aliphatic rings. The van der Waals surface area contributed by atoms with Crippen LogP contribution in [0.2, 0.25) is 0 Å². The molecule has 0 aliphatic carbocycles. The van der Waals surface area contributed by atoms with Crippen LogP contribution < -0.4 is 10.1 Å². The lowest BCUT2D eigenvalue weighted by Crippen LogP contribution is -2.24. The third-order valence-corrected chi connectivity index (χ3v) is 3.25. The van der Waals surface area contributed by atoms with Crippen molar-refractivity contribution < 1.29 is 9.47 Å². The zero-order valence-corrected chi connectivity index (χ0v) is 12.7. The van der Waals surface area contributed by atoms with E-state index in [-0.39, 0.29) is 0 Å². The normalized spacial score (nSPS) is 12.4. The van der Waals surface area contributed by atoms with Gasteiger partial charge in [-0.1, -0.05) is 13.0 Å². The fraction of sp³-hybridized carbons (Fsp3) is 0.625. The number of hydrogen-bond donors (Lipinski definition) is 1. The van der Waals surface area contributed by atoms with Gasteiger partial charge in [0.1, 0.15) is 5.75 Å². The lowest BCUT2D eigenvalue weighted by atomic mass is 9.98. The van der Waals surface area contributed by atoms with Crippen LogP contribution in [0, 0.1) is 6.92 Å². The Balaban J connectivity index is 2.77. The summed E-state index contributed by atoms with van der Waals surface area (Å²) < 4.78 is 10.7. The van der Waals surface area contributed by atoms with Gasteiger partial charge in [-0.05, 0) is 56.5 Å². The molecule has 1 unspecified atom stereocenters. The molecular weight excluding hydrogens is 238 g/mol. The Hall–Kier alpha value is -1.06. The topological polar surface area (TPSA) is 30.5 Å². The molecule has 1 aromatic rings. The fourth-order valence-electron chi connectivity index (χ4n) is 2.20. The van der Waals surface area contributed by atoms with Crippen LogP contribution in [-0.4, -0.2) is 26.9 Å². The van der Waals surface area contributed by atoms with Gasteiger partial charge >= 0.3 is 0 Å². The maximum Gasteiger partial charge on any atom is 0.119 e. The van der Waals surface area contributed by atoms with Crippen molar-refractivity contribution in [3.05, 3.63) is 29.3 Å². The molecule has 0 saturated carbocycles. The average Bonchev–Trinajstić information content (AvgIpc) is 2.43. The third-order valence-electron chi connectivity index (χ3n) is 3.25. The van der Waals surface area contributed by atoms with Gasteiger partial charge in [-0.15, -0.1) is 0 Å². The number of nitrogens with one attached hydrogen (secondary N) is 1. The minimum atomic E-state index is 0.359. The second kappa shape index (κ2) is 8.94. The van der Waals surface area contributed by atoms with E-state index in [1.54, 1.807) is 7.11 Å². The molecule has 108 valence electrons. The Morgan fingerprint density at radius 2 is 2.05 bits per heavy atom. The maximum absolute atomic E-state index is 5.49. The van der Waals surface area contributed by atoms with Gasteiger partial charge < -0.3 is 14.8 Å². The van der Waals surface area contributed by atoms with E-state index in [1.165, 1.54) is 11.1 Å². The SMILES string of the molecule is CCCNC(CCOCC)c1ccc(OC)cc1C. The molecule has 0 spiro atoms. The summed E-state index contributed by atoms with van der Waals surface area (Å²) in [6.07, 6.45) is 2.14. The highest BCUT2D eigenvalue weighted by atomic mass is 16.5.